The first-order valence-electron chi connectivity index (χ1n) is 5.92. The zero-order chi connectivity index (χ0) is 12.1. The summed E-state index contributed by atoms with van der Waals surface area (Å²) in [5.74, 6) is 1.49. The second kappa shape index (κ2) is 5.90. The number of benzene rings is 1. The molecule has 1 unspecified atom stereocenters. The summed E-state index contributed by atoms with van der Waals surface area (Å²) in [6.45, 7) is 9.45. The molecule has 1 aromatic carbocycles. The molecular formula is C14H23NO. The van der Waals surface area contributed by atoms with Crippen LogP contribution in [-0.4, -0.2) is 19.7 Å². The average molecular weight is 221 g/mol. The van der Waals surface area contributed by atoms with E-state index in [1.807, 2.05) is 7.05 Å². The van der Waals surface area contributed by atoms with Gasteiger partial charge in [-0.05, 0) is 50.1 Å². The summed E-state index contributed by atoms with van der Waals surface area (Å²) in [5.41, 5.74) is 2.50. The smallest absolute Gasteiger partial charge is 0.120 e. The van der Waals surface area contributed by atoms with Crippen molar-refractivity contribution in [2.24, 2.45) is 5.92 Å². The van der Waals surface area contributed by atoms with E-state index in [-0.39, 0.29) is 6.10 Å². The fourth-order valence-electron chi connectivity index (χ4n) is 1.79. The monoisotopic (exact) mass is 221 g/mol. The van der Waals surface area contributed by atoms with Crippen molar-refractivity contribution in [3.63, 3.8) is 0 Å². The third kappa shape index (κ3) is 3.86. The lowest BCUT2D eigenvalue weighted by molar-refractivity contribution is 0.151. The van der Waals surface area contributed by atoms with Gasteiger partial charge in [0.05, 0.1) is 0 Å². The van der Waals surface area contributed by atoms with Crippen molar-refractivity contribution >= 4 is 0 Å². The molecule has 0 aliphatic rings. The molecule has 2 heteroatoms. The summed E-state index contributed by atoms with van der Waals surface area (Å²) < 4.78 is 6.02. The predicted octanol–water partition coefficient (Wildman–Crippen LogP) is 2.93. The molecule has 1 atom stereocenters. The Morgan fingerprint density at radius 1 is 1.12 bits per heavy atom. The minimum Gasteiger partial charge on any atom is -0.489 e. The van der Waals surface area contributed by atoms with E-state index in [2.05, 4.69) is 51.2 Å². The lowest BCUT2D eigenvalue weighted by atomic mass is 10.1. The summed E-state index contributed by atoms with van der Waals surface area (Å²) in [7, 11) is 1.96. The maximum atomic E-state index is 6.02. The zero-order valence-electron chi connectivity index (χ0n) is 11.0. The van der Waals surface area contributed by atoms with E-state index in [9.17, 15) is 0 Å². The van der Waals surface area contributed by atoms with Gasteiger partial charge in [-0.15, -0.1) is 0 Å². The number of nitrogens with one attached hydrogen (secondary N) is 1. The van der Waals surface area contributed by atoms with Gasteiger partial charge in [0.2, 0.25) is 0 Å². The molecule has 0 fully saturated rings. The first kappa shape index (κ1) is 13.0. The Bertz CT molecular complexity index is 313. The highest BCUT2D eigenvalue weighted by Gasteiger charge is 2.14. The van der Waals surface area contributed by atoms with E-state index >= 15 is 0 Å². The van der Waals surface area contributed by atoms with E-state index in [1.165, 1.54) is 11.1 Å². The van der Waals surface area contributed by atoms with Gasteiger partial charge in [0.15, 0.2) is 0 Å². The van der Waals surface area contributed by atoms with Gasteiger partial charge < -0.3 is 10.1 Å². The molecule has 0 radical (unpaired) electrons. The molecule has 0 heterocycles. The van der Waals surface area contributed by atoms with Crippen LogP contribution >= 0.6 is 0 Å². The van der Waals surface area contributed by atoms with Gasteiger partial charge in [-0.2, -0.15) is 0 Å². The SMILES string of the molecule is CNCC(Oc1cc(C)cc(C)c1)C(C)C. The Labute approximate surface area is 99.0 Å². The van der Waals surface area contributed by atoms with Crippen LogP contribution in [0, 0.1) is 19.8 Å². The minimum absolute atomic E-state index is 0.228. The third-order valence-corrected chi connectivity index (χ3v) is 2.63. The van der Waals surface area contributed by atoms with Crippen LogP contribution in [0.15, 0.2) is 18.2 Å². The Kier molecular flexibility index (Phi) is 4.81. The highest BCUT2D eigenvalue weighted by molar-refractivity contribution is 5.33. The molecule has 16 heavy (non-hydrogen) atoms. The molecule has 0 bridgehead atoms. The van der Waals surface area contributed by atoms with Crippen LogP contribution in [-0.2, 0) is 0 Å². The molecule has 0 aliphatic heterocycles. The topological polar surface area (TPSA) is 21.3 Å². The van der Waals surface area contributed by atoms with Crippen molar-refractivity contribution in [2.45, 2.75) is 33.8 Å². The molecular weight excluding hydrogens is 198 g/mol. The quantitative estimate of drug-likeness (QED) is 0.825. The molecule has 0 amide bonds. The van der Waals surface area contributed by atoms with Gasteiger partial charge in [0, 0.05) is 6.54 Å². The van der Waals surface area contributed by atoms with Crippen LogP contribution in [0.25, 0.3) is 0 Å². The Hall–Kier alpha value is -1.02. The highest BCUT2D eigenvalue weighted by Crippen LogP contribution is 2.19. The van der Waals surface area contributed by atoms with Crippen molar-refractivity contribution < 1.29 is 4.74 Å². The van der Waals surface area contributed by atoms with E-state index in [4.69, 9.17) is 4.74 Å². The summed E-state index contributed by atoms with van der Waals surface area (Å²) >= 11 is 0. The standard InChI is InChI=1S/C14H23NO/c1-10(2)14(9-15-5)16-13-7-11(3)6-12(4)8-13/h6-8,10,14-15H,9H2,1-5H3. The highest BCUT2D eigenvalue weighted by atomic mass is 16.5. The van der Waals surface area contributed by atoms with Crippen molar-refractivity contribution in [1.82, 2.24) is 5.32 Å². The molecule has 0 aromatic heterocycles. The molecule has 2 nitrogen and oxygen atoms in total. The summed E-state index contributed by atoms with van der Waals surface area (Å²) in [4.78, 5) is 0. The van der Waals surface area contributed by atoms with Crippen LogP contribution in [0.4, 0.5) is 0 Å². The number of hydrogen-bond acceptors (Lipinski definition) is 2. The molecule has 1 aromatic rings. The number of ether oxygens (including phenoxy) is 1. The van der Waals surface area contributed by atoms with Gasteiger partial charge >= 0.3 is 0 Å². The van der Waals surface area contributed by atoms with E-state index in [0.717, 1.165) is 12.3 Å². The lowest BCUT2D eigenvalue weighted by Gasteiger charge is -2.22. The Morgan fingerprint density at radius 2 is 1.69 bits per heavy atom. The molecule has 1 N–H and O–H groups in total. The van der Waals surface area contributed by atoms with E-state index < -0.39 is 0 Å². The van der Waals surface area contributed by atoms with E-state index in [0.29, 0.717) is 5.92 Å². The Balaban J connectivity index is 2.76. The van der Waals surface area contributed by atoms with Crippen LogP contribution < -0.4 is 10.1 Å². The molecule has 0 saturated heterocycles. The van der Waals surface area contributed by atoms with Crippen LogP contribution in [0.2, 0.25) is 0 Å². The molecule has 1 rings (SSSR count). The summed E-state index contributed by atoms with van der Waals surface area (Å²) in [6, 6.07) is 6.35. The average Bonchev–Trinajstić information content (AvgIpc) is 2.15. The normalized spacial score (nSPS) is 12.9. The summed E-state index contributed by atoms with van der Waals surface area (Å²) in [5, 5.41) is 3.17. The van der Waals surface area contributed by atoms with Crippen molar-refractivity contribution in [1.29, 1.82) is 0 Å². The van der Waals surface area contributed by atoms with Gasteiger partial charge in [0.1, 0.15) is 11.9 Å². The first-order valence-corrected chi connectivity index (χ1v) is 5.92. The zero-order valence-corrected chi connectivity index (χ0v) is 11.0. The third-order valence-electron chi connectivity index (χ3n) is 2.63. The van der Waals surface area contributed by atoms with Crippen molar-refractivity contribution in [3.8, 4) is 5.75 Å². The van der Waals surface area contributed by atoms with Crippen molar-refractivity contribution in [3.05, 3.63) is 29.3 Å². The summed E-state index contributed by atoms with van der Waals surface area (Å²) in [6.07, 6.45) is 0.228. The molecule has 0 spiro atoms. The van der Waals surface area contributed by atoms with E-state index in [1.54, 1.807) is 0 Å². The van der Waals surface area contributed by atoms with Crippen molar-refractivity contribution in [2.75, 3.05) is 13.6 Å². The maximum absolute atomic E-state index is 6.02. The van der Waals surface area contributed by atoms with Gasteiger partial charge in [-0.1, -0.05) is 19.9 Å². The molecule has 0 aliphatic carbocycles. The number of likely N-dealkylation sites (N-methyl/N-ethyl adjacent to an activating group) is 1. The predicted molar refractivity (Wildman–Crippen MR) is 69.1 cm³/mol. The number of rotatable bonds is 5. The van der Waals surface area contributed by atoms with Crippen LogP contribution in [0.3, 0.4) is 0 Å². The fraction of sp³-hybridized carbons (Fsp3) is 0.571. The second-order valence-electron chi connectivity index (χ2n) is 4.78. The maximum Gasteiger partial charge on any atom is 0.120 e. The van der Waals surface area contributed by atoms with Gasteiger partial charge in [-0.3, -0.25) is 0 Å². The van der Waals surface area contributed by atoms with Gasteiger partial charge in [-0.25, -0.2) is 0 Å². The first-order chi connectivity index (χ1) is 7.52. The number of hydrogen-bond donors (Lipinski definition) is 1. The largest absolute Gasteiger partial charge is 0.489 e. The second-order valence-corrected chi connectivity index (χ2v) is 4.78. The molecule has 90 valence electrons. The van der Waals surface area contributed by atoms with Crippen LogP contribution in [0.1, 0.15) is 25.0 Å². The van der Waals surface area contributed by atoms with Crippen LogP contribution in [0.5, 0.6) is 5.75 Å². The minimum atomic E-state index is 0.228. The number of aryl methyl sites for hydroxylation is 2. The fourth-order valence-corrected chi connectivity index (χ4v) is 1.79. The van der Waals surface area contributed by atoms with Gasteiger partial charge in [0.25, 0.3) is 0 Å². The molecule has 0 saturated carbocycles. The Morgan fingerprint density at radius 3 is 2.12 bits per heavy atom. The lowest BCUT2D eigenvalue weighted by Crippen LogP contribution is -2.33.